The van der Waals surface area contributed by atoms with E-state index in [1.165, 1.54) is 13.8 Å². The second-order valence-electron chi connectivity index (χ2n) is 2.69. The van der Waals surface area contributed by atoms with Crippen LogP contribution in [0.3, 0.4) is 0 Å². The Kier molecular flexibility index (Phi) is 5.36. The molecule has 4 N–H and O–H groups in total. The Bertz CT molecular complexity index is 114. The van der Waals surface area contributed by atoms with Crippen molar-refractivity contribution >= 4 is 0 Å². The van der Waals surface area contributed by atoms with Crippen molar-refractivity contribution in [1.82, 2.24) is 0 Å². The van der Waals surface area contributed by atoms with Crippen LogP contribution in [0.5, 0.6) is 0 Å². The fourth-order valence-corrected chi connectivity index (χ4v) is 0.795. The molecular weight excluding hydrogens is 164 g/mol. The number of aliphatic hydroxyl groups is 4. The lowest BCUT2D eigenvalue weighted by atomic mass is 10.1. The van der Waals surface area contributed by atoms with Gasteiger partial charge in [0.05, 0.1) is 12.7 Å². The molecular formula is C7H16O5. The third-order valence-corrected chi connectivity index (χ3v) is 1.43. The molecule has 0 spiro atoms. The van der Waals surface area contributed by atoms with Gasteiger partial charge in [-0.15, -0.1) is 0 Å². The fraction of sp³-hybridized carbons (Fsp3) is 1.00. The lowest BCUT2D eigenvalue weighted by molar-refractivity contribution is -0.181. The summed E-state index contributed by atoms with van der Waals surface area (Å²) < 4.78 is 4.72. The highest BCUT2D eigenvalue weighted by molar-refractivity contribution is 4.72. The quantitative estimate of drug-likeness (QED) is 0.384. The molecule has 0 aliphatic carbocycles. The van der Waals surface area contributed by atoms with Gasteiger partial charge in [0.15, 0.2) is 6.29 Å². The average Bonchev–Trinajstić information content (AvgIpc) is 1.98. The first-order valence-corrected chi connectivity index (χ1v) is 3.79. The summed E-state index contributed by atoms with van der Waals surface area (Å²) in [5.74, 6) is 0. The van der Waals surface area contributed by atoms with Gasteiger partial charge in [0.25, 0.3) is 0 Å². The molecule has 0 bridgehead atoms. The van der Waals surface area contributed by atoms with Gasteiger partial charge in [-0.05, 0) is 13.8 Å². The normalized spacial score (nSPS) is 21.5. The summed E-state index contributed by atoms with van der Waals surface area (Å²) in [5, 5.41) is 35.5. The number of rotatable bonds is 5. The first-order valence-electron chi connectivity index (χ1n) is 3.79. The molecule has 0 heterocycles. The van der Waals surface area contributed by atoms with Crippen LogP contribution in [0.2, 0.25) is 0 Å². The van der Waals surface area contributed by atoms with Crippen molar-refractivity contribution in [1.29, 1.82) is 0 Å². The van der Waals surface area contributed by atoms with Crippen molar-refractivity contribution in [3.63, 3.8) is 0 Å². The van der Waals surface area contributed by atoms with Crippen LogP contribution in [-0.4, -0.2) is 51.6 Å². The monoisotopic (exact) mass is 180 g/mol. The first kappa shape index (κ1) is 11.8. The zero-order chi connectivity index (χ0) is 9.72. The Hall–Kier alpha value is -0.200. The second-order valence-corrected chi connectivity index (χ2v) is 2.69. The largest absolute Gasteiger partial charge is 0.394 e. The molecule has 2 unspecified atom stereocenters. The zero-order valence-corrected chi connectivity index (χ0v) is 7.21. The highest BCUT2D eigenvalue weighted by Crippen LogP contribution is 2.05. The van der Waals surface area contributed by atoms with Gasteiger partial charge in [0.1, 0.15) is 12.2 Å². The van der Waals surface area contributed by atoms with Crippen molar-refractivity contribution in [3.8, 4) is 0 Å². The van der Waals surface area contributed by atoms with Crippen LogP contribution < -0.4 is 0 Å². The minimum absolute atomic E-state index is 0.447. The summed E-state index contributed by atoms with van der Waals surface area (Å²) >= 11 is 0. The molecule has 74 valence electrons. The molecule has 0 rings (SSSR count). The summed E-state index contributed by atoms with van der Waals surface area (Å²) in [6.45, 7) is 2.28. The van der Waals surface area contributed by atoms with E-state index < -0.39 is 31.2 Å². The Balaban J connectivity index is 3.96. The number of aliphatic hydroxyl groups excluding tert-OH is 4. The van der Waals surface area contributed by atoms with E-state index in [0.29, 0.717) is 0 Å². The van der Waals surface area contributed by atoms with E-state index in [9.17, 15) is 5.11 Å². The fourth-order valence-electron chi connectivity index (χ4n) is 0.795. The molecule has 0 fully saturated rings. The molecule has 0 aromatic rings. The van der Waals surface area contributed by atoms with Gasteiger partial charge in [0, 0.05) is 0 Å². The molecule has 0 aliphatic rings. The van der Waals surface area contributed by atoms with Crippen LogP contribution in [0.4, 0.5) is 0 Å². The van der Waals surface area contributed by atoms with E-state index in [-0.39, 0.29) is 0 Å². The van der Waals surface area contributed by atoms with Crippen LogP contribution in [0.25, 0.3) is 0 Å². The minimum Gasteiger partial charge on any atom is -0.394 e. The summed E-state index contributed by atoms with van der Waals surface area (Å²) in [6, 6.07) is 0. The second kappa shape index (κ2) is 5.45. The van der Waals surface area contributed by atoms with Crippen LogP contribution in [0.1, 0.15) is 13.8 Å². The lowest BCUT2D eigenvalue weighted by Gasteiger charge is -2.24. The van der Waals surface area contributed by atoms with Crippen LogP contribution in [0.15, 0.2) is 0 Å². The van der Waals surface area contributed by atoms with Gasteiger partial charge in [-0.25, -0.2) is 0 Å². The van der Waals surface area contributed by atoms with Crippen LogP contribution in [0, 0.1) is 0 Å². The predicted octanol–water partition coefficient (Wildman–Crippen LogP) is -1.56. The van der Waals surface area contributed by atoms with E-state index >= 15 is 0 Å². The lowest BCUT2D eigenvalue weighted by Crippen LogP contribution is -2.41. The Morgan fingerprint density at radius 3 is 1.92 bits per heavy atom. The molecule has 0 saturated heterocycles. The predicted molar refractivity (Wildman–Crippen MR) is 41.3 cm³/mol. The van der Waals surface area contributed by atoms with Gasteiger partial charge in [-0.2, -0.15) is 0 Å². The third kappa shape index (κ3) is 3.99. The van der Waals surface area contributed by atoms with E-state index in [2.05, 4.69) is 0 Å². The molecule has 12 heavy (non-hydrogen) atoms. The van der Waals surface area contributed by atoms with E-state index in [4.69, 9.17) is 20.1 Å². The first-order chi connectivity index (χ1) is 5.49. The SMILES string of the molecule is CC(O)OC(CO)[C@@H](O)[C@@H](C)O. The molecule has 4 atom stereocenters. The summed E-state index contributed by atoms with van der Waals surface area (Å²) in [6.07, 6.45) is -4.22. The molecule has 0 aliphatic heterocycles. The Morgan fingerprint density at radius 2 is 1.67 bits per heavy atom. The highest BCUT2D eigenvalue weighted by Gasteiger charge is 2.24. The van der Waals surface area contributed by atoms with Crippen molar-refractivity contribution < 1.29 is 25.2 Å². The summed E-state index contributed by atoms with van der Waals surface area (Å²) in [7, 11) is 0. The van der Waals surface area contributed by atoms with Gasteiger partial charge in [-0.3, -0.25) is 0 Å². The minimum atomic E-state index is -1.19. The maximum Gasteiger partial charge on any atom is 0.152 e. The molecule has 0 radical (unpaired) electrons. The Morgan fingerprint density at radius 1 is 1.17 bits per heavy atom. The topological polar surface area (TPSA) is 90.2 Å². The van der Waals surface area contributed by atoms with E-state index in [0.717, 1.165) is 0 Å². The molecule has 5 nitrogen and oxygen atoms in total. The Labute approximate surface area is 71.2 Å². The number of ether oxygens (including phenoxy) is 1. The smallest absolute Gasteiger partial charge is 0.152 e. The molecule has 0 saturated carbocycles. The number of hydrogen-bond donors (Lipinski definition) is 4. The maximum absolute atomic E-state index is 9.19. The number of hydrogen-bond acceptors (Lipinski definition) is 5. The standard InChI is InChI=1S/C7H16O5/c1-4(9)7(11)6(3-8)12-5(2)10/h4-11H,3H2,1-2H3/t4-,5?,6?,7+/m1/s1. The highest BCUT2D eigenvalue weighted by atomic mass is 16.6. The van der Waals surface area contributed by atoms with E-state index in [1.54, 1.807) is 0 Å². The van der Waals surface area contributed by atoms with Gasteiger partial charge >= 0.3 is 0 Å². The molecule has 0 aromatic heterocycles. The zero-order valence-electron chi connectivity index (χ0n) is 7.21. The van der Waals surface area contributed by atoms with Crippen molar-refractivity contribution in [2.24, 2.45) is 0 Å². The van der Waals surface area contributed by atoms with Gasteiger partial charge < -0.3 is 25.2 Å². The summed E-state index contributed by atoms with van der Waals surface area (Å²) in [5.41, 5.74) is 0. The van der Waals surface area contributed by atoms with Crippen molar-refractivity contribution in [2.75, 3.05) is 6.61 Å². The van der Waals surface area contributed by atoms with Gasteiger partial charge in [-0.1, -0.05) is 0 Å². The van der Waals surface area contributed by atoms with Crippen LogP contribution >= 0.6 is 0 Å². The maximum atomic E-state index is 9.19. The molecule has 0 amide bonds. The van der Waals surface area contributed by atoms with Crippen LogP contribution in [-0.2, 0) is 4.74 Å². The summed E-state index contributed by atoms with van der Waals surface area (Å²) in [4.78, 5) is 0. The average molecular weight is 180 g/mol. The third-order valence-electron chi connectivity index (χ3n) is 1.43. The van der Waals surface area contributed by atoms with Gasteiger partial charge in [0.2, 0.25) is 0 Å². The molecule has 5 heteroatoms. The van der Waals surface area contributed by atoms with E-state index in [1.807, 2.05) is 0 Å². The van der Waals surface area contributed by atoms with Crippen molar-refractivity contribution in [2.45, 2.75) is 38.4 Å². The van der Waals surface area contributed by atoms with Crippen molar-refractivity contribution in [3.05, 3.63) is 0 Å². The molecule has 0 aromatic carbocycles.